The summed E-state index contributed by atoms with van der Waals surface area (Å²) < 4.78 is 0. The van der Waals surface area contributed by atoms with Crippen LogP contribution in [0.1, 0.15) is 0 Å². The molecule has 0 saturated carbocycles. The van der Waals surface area contributed by atoms with Gasteiger partial charge in [0.2, 0.25) is 0 Å². The Hall–Kier alpha value is 0.488. The Labute approximate surface area is 82.6 Å². The minimum Gasteiger partial charge on any atom is -0.857 e. The van der Waals surface area contributed by atoms with E-state index in [-0.39, 0.29) is 21.1 Å². The van der Waals surface area contributed by atoms with Crippen molar-refractivity contribution in [3.63, 3.8) is 0 Å². The third-order valence-electron chi connectivity index (χ3n) is 0. The van der Waals surface area contributed by atoms with E-state index in [0.29, 0.717) is 0 Å². The van der Waals surface area contributed by atoms with Gasteiger partial charge in [0.1, 0.15) is 0 Å². The normalized spacial score (nSPS) is 2.73. The Balaban J connectivity index is -0.00000000694. The van der Waals surface area contributed by atoms with E-state index in [1.54, 1.807) is 0 Å². The smallest absolute Gasteiger partial charge is 0 e. The van der Waals surface area contributed by atoms with Gasteiger partial charge >= 0.3 is 0 Å². The molecular weight excluding hydrogens is 236 g/mol. The van der Waals surface area contributed by atoms with Gasteiger partial charge in [0.25, 0.3) is 0 Å². The Morgan fingerprint density at radius 3 is 0.364 bits per heavy atom. The molecule has 0 aromatic rings. The summed E-state index contributed by atoms with van der Waals surface area (Å²) in [6.45, 7) is 0. The molecule has 0 bridgehead atoms. The summed E-state index contributed by atoms with van der Waals surface area (Å²) in [6, 6.07) is 0. The van der Waals surface area contributed by atoms with Crippen LogP contribution in [0, 0.1) is 0 Å². The predicted molar refractivity (Wildman–Crippen MR) is 29.6 cm³/mol. The van der Waals surface area contributed by atoms with Gasteiger partial charge in [0.05, 0.1) is 0 Å². The predicted octanol–water partition coefficient (Wildman–Crippen LogP) is -5.12. The van der Waals surface area contributed by atoms with Crippen molar-refractivity contribution in [1.29, 1.82) is 0 Å². The fourth-order valence-corrected chi connectivity index (χ4v) is 0. The molecule has 0 saturated heterocycles. The van der Waals surface area contributed by atoms with Crippen LogP contribution in [-0.4, -0.2) is 35.5 Å². The van der Waals surface area contributed by atoms with Crippen molar-refractivity contribution in [2.24, 2.45) is 0 Å². The molecule has 5 nitrogen and oxygen atoms in total. The average Bonchev–Trinajstić information content (AvgIpc) is 2.20. The fourth-order valence-electron chi connectivity index (χ4n) is 0. The molecule has 11 heavy (non-hydrogen) atoms. The topological polar surface area (TPSA) is 115 Å². The molecule has 0 heterocycles. The zero-order valence-electron chi connectivity index (χ0n) is 7.45. The maximum atomic E-state index is 8.25. The second-order valence-corrected chi connectivity index (χ2v) is 0. The van der Waals surface area contributed by atoms with E-state index in [9.17, 15) is 0 Å². The standard InChI is InChI=1S/5CH3O.Mo/c5*1-2;/h5*1H3;/q5*-1;. The van der Waals surface area contributed by atoms with Crippen molar-refractivity contribution in [2.75, 3.05) is 35.5 Å². The largest absolute Gasteiger partial charge is 0.857 e. The molecule has 6 heteroatoms. The minimum absolute atomic E-state index is 0. The molecule has 0 aliphatic carbocycles. The summed E-state index contributed by atoms with van der Waals surface area (Å²) in [5, 5.41) is 41.2. The number of hydrogen-bond donors (Lipinski definition) is 0. The molecule has 0 spiro atoms. The third-order valence-corrected chi connectivity index (χ3v) is 0. The Kier molecular flexibility index (Phi) is 15100. The van der Waals surface area contributed by atoms with Crippen LogP contribution in [0.2, 0.25) is 0 Å². The molecule has 76 valence electrons. The van der Waals surface area contributed by atoms with Gasteiger partial charge in [0, 0.05) is 21.1 Å². The van der Waals surface area contributed by atoms with Gasteiger partial charge in [-0.2, -0.15) is 35.5 Å². The van der Waals surface area contributed by atoms with Crippen molar-refractivity contribution in [2.45, 2.75) is 0 Å². The second kappa shape index (κ2) is 3960. The van der Waals surface area contributed by atoms with Crippen LogP contribution in [0.25, 0.3) is 0 Å². The van der Waals surface area contributed by atoms with Gasteiger partial charge in [-0.05, 0) is 0 Å². The van der Waals surface area contributed by atoms with Crippen LogP contribution in [0.15, 0.2) is 0 Å². The summed E-state index contributed by atoms with van der Waals surface area (Å²) >= 11 is 0. The Bertz CT molecular complexity index is 14.8. The summed E-state index contributed by atoms with van der Waals surface area (Å²) in [6.07, 6.45) is 0. The molecule has 0 aliphatic heterocycles. The van der Waals surface area contributed by atoms with Crippen LogP contribution in [0.4, 0.5) is 0 Å². The first-order valence-electron chi connectivity index (χ1n) is 2.04. The number of rotatable bonds is 0. The van der Waals surface area contributed by atoms with E-state index in [1.807, 2.05) is 0 Å². The molecular formula is C5H15MoO5-5. The van der Waals surface area contributed by atoms with E-state index in [0.717, 1.165) is 35.5 Å². The van der Waals surface area contributed by atoms with Crippen LogP contribution < -0.4 is 25.5 Å². The molecule has 0 aromatic carbocycles. The quantitative estimate of drug-likeness (QED) is 0.399. The van der Waals surface area contributed by atoms with Crippen LogP contribution >= 0.6 is 0 Å². The fraction of sp³-hybridized carbons (Fsp3) is 1.00. The van der Waals surface area contributed by atoms with Crippen molar-refractivity contribution in [3.8, 4) is 0 Å². The van der Waals surface area contributed by atoms with E-state index in [4.69, 9.17) is 25.5 Å². The third kappa shape index (κ3) is 3170. The van der Waals surface area contributed by atoms with Crippen molar-refractivity contribution in [3.05, 3.63) is 0 Å². The molecule has 0 amide bonds. The summed E-state index contributed by atoms with van der Waals surface area (Å²) in [5.41, 5.74) is 0. The molecule has 0 atom stereocenters. The van der Waals surface area contributed by atoms with Gasteiger partial charge in [-0.15, -0.1) is 0 Å². The second-order valence-electron chi connectivity index (χ2n) is 0. The van der Waals surface area contributed by atoms with Crippen LogP contribution in [-0.2, 0) is 21.1 Å². The van der Waals surface area contributed by atoms with Crippen LogP contribution in [0.3, 0.4) is 0 Å². The molecule has 0 fully saturated rings. The maximum Gasteiger partial charge on any atom is 0 e. The molecule has 0 aliphatic rings. The number of hydrogen-bond acceptors (Lipinski definition) is 5. The molecule has 0 N–H and O–H groups in total. The zero-order chi connectivity index (χ0) is 10.0. The van der Waals surface area contributed by atoms with Gasteiger partial charge in [0.15, 0.2) is 0 Å². The maximum absolute atomic E-state index is 8.25. The van der Waals surface area contributed by atoms with E-state index in [1.165, 1.54) is 0 Å². The Morgan fingerprint density at radius 1 is 0.364 bits per heavy atom. The van der Waals surface area contributed by atoms with E-state index < -0.39 is 0 Å². The van der Waals surface area contributed by atoms with E-state index in [2.05, 4.69) is 0 Å². The summed E-state index contributed by atoms with van der Waals surface area (Å²) in [4.78, 5) is 0. The van der Waals surface area contributed by atoms with Crippen molar-refractivity contribution in [1.82, 2.24) is 0 Å². The van der Waals surface area contributed by atoms with Crippen molar-refractivity contribution >= 4 is 0 Å². The van der Waals surface area contributed by atoms with Gasteiger partial charge < -0.3 is 25.5 Å². The SMILES string of the molecule is C[O-].C[O-].C[O-].C[O-].C[O-].[Mo]. The first-order chi connectivity index (χ1) is 5.00. The first kappa shape index (κ1) is 42.0. The van der Waals surface area contributed by atoms with Gasteiger partial charge in [-0.1, -0.05) is 0 Å². The van der Waals surface area contributed by atoms with E-state index >= 15 is 0 Å². The monoisotopic (exact) mass is 253 g/mol. The summed E-state index contributed by atoms with van der Waals surface area (Å²) in [5.74, 6) is 0. The first-order valence-corrected chi connectivity index (χ1v) is 2.04. The molecule has 0 unspecified atom stereocenters. The van der Waals surface area contributed by atoms with Gasteiger partial charge in [-0.25, -0.2) is 0 Å². The summed E-state index contributed by atoms with van der Waals surface area (Å²) in [7, 11) is 3.75. The zero-order valence-corrected chi connectivity index (χ0v) is 9.46. The van der Waals surface area contributed by atoms with Crippen molar-refractivity contribution < 1.29 is 46.6 Å². The average molecular weight is 251 g/mol. The Morgan fingerprint density at radius 2 is 0.364 bits per heavy atom. The van der Waals surface area contributed by atoms with Gasteiger partial charge in [-0.3, -0.25) is 0 Å². The molecule has 0 radical (unpaired) electrons. The minimum atomic E-state index is 0. The molecule has 0 rings (SSSR count). The molecule has 0 aromatic heterocycles. The van der Waals surface area contributed by atoms with Crippen LogP contribution in [0.5, 0.6) is 0 Å².